The SMILES string of the molecule is Brc1ccc(C2CCNCC2)s1.Cl. The summed E-state index contributed by atoms with van der Waals surface area (Å²) in [6.45, 7) is 2.36. The molecular formula is C9H13BrClNS. The van der Waals surface area contributed by atoms with Crippen LogP contribution in [0.5, 0.6) is 0 Å². The Hall–Kier alpha value is 0.430. The zero-order valence-corrected chi connectivity index (χ0v) is 10.5. The first-order chi connectivity index (χ1) is 5.86. The number of nitrogens with one attached hydrogen (secondary N) is 1. The Morgan fingerprint density at radius 3 is 2.54 bits per heavy atom. The standard InChI is InChI=1S/C9H12BrNS.ClH/c10-9-2-1-8(12-9)7-3-5-11-6-4-7;/h1-2,7,11H,3-6H2;1H. The Morgan fingerprint density at radius 1 is 1.31 bits per heavy atom. The Morgan fingerprint density at radius 2 is 2.00 bits per heavy atom. The van der Waals surface area contributed by atoms with Crippen LogP contribution in [0.15, 0.2) is 15.9 Å². The highest BCUT2D eigenvalue weighted by molar-refractivity contribution is 9.11. The Bertz CT molecular complexity index is 258. The fourth-order valence-electron chi connectivity index (χ4n) is 1.65. The van der Waals surface area contributed by atoms with Crippen LogP contribution in [0.2, 0.25) is 0 Å². The predicted octanol–water partition coefficient (Wildman–Crippen LogP) is 3.40. The second-order valence-corrected chi connectivity index (χ2v) is 5.66. The molecule has 1 aliphatic heterocycles. The van der Waals surface area contributed by atoms with Crippen LogP contribution in [0, 0.1) is 0 Å². The lowest BCUT2D eigenvalue weighted by Gasteiger charge is -2.21. The number of piperidine rings is 1. The molecule has 0 aliphatic carbocycles. The van der Waals surface area contributed by atoms with E-state index in [0.717, 1.165) is 5.92 Å². The quantitative estimate of drug-likeness (QED) is 0.832. The van der Waals surface area contributed by atoms with Crippen molar-refractivity contribution in [2.24, 2.45) is 0 Å². The van der Waals surface area contributed by atoms with Gasteiger partial charge in [-0.25, -0.2) is 0 Å². The molecule has 0 bridgehead atoms. The first-order valence-electron chi connectivity index (χ1n) is 4.32. The summed E-state index contributed by atoms with van der Waals surface area (Å²) in [5.74, 6) is 0.808. The second kappa shape index (κ2) is 5.35. The van der Waals surface area contributed by atoms with E-state index in [1.54, 1.807) is 4.88 Å². The van der Waals surface area contributed by atoms with Gasteiger partial charge < -0.3 is 5.32 Å². The van der Waals surface area contributed by atoms with Crippen molar-refractivity contribution in [2.75, 3.05) is 13.1 Å². The molecule has 0 atom stereocenters. The van der Waals surface area contributed by atoms with Gasteiger partial charge in [-0.1, -0.05) is 0 Å². The van der Waals surface area contributed by atoms with Crippen molar-refractivity contribution in [1.29, 1.82) is 0 Å². The summed E-state index contributed by atoms with van der Waals surface area (Å²) in [4.78, 5) is 1.54. The molecule has 13 heavy (non-hydrogen) atoms. The minimum atomic E-state index is 0. The van der Waals surface area contributed by atoms with Crippen LogP contribution in [0.1, 0.15) is 23.6 Å². The summed E-state index contributed by atoms with van der Waals surface area (Å²) in [5.41, 5.74) is 0. The summed E-state index contributed by atoms with van der Waals surface area (Å²) >= 11 is 5.38. The molecule has 74 valence electrons. The maximum atomic E-state index is 3.50. The van der Waals surface area contributed by atoms with E-state index in [1.807, 2.05) is 11.3 Å². The Kier molecular flexibility index (Phi) is 4.73. The smallest absolute Gasteiger partial charge is 0.0701 e. The molecule has 1 fully saturated rings. The van der Waals surface area contributed by atoms with Crippen LogP contribution >= 0.6 is 39.7 Å². The third-order valence-corrected chi connectivity index (χ3v) is 4.12. The van der Waals surface area contributed by atoms with E-state index >= 15 is 0 Å². The van der Waals surface area contributed by atoms with Crippen LogP contribution in [-0.4, -0.2) is 13.1 Å². The van der Waals surface area contributed by atoms with Crippen molar-refractivity contribution in [1.82, 2.24) is 5.32 Å². The number of hydrogen-bond acceptors (Lipinski definition) is 2. The average Bonchev–Trinajstić information content (AvgIpc) is 2.54. The van der Waals surface area contributed by atoms with Crippen LogP contribution in [-0.2, 0) is 0 Å². The van der Waals surface area contributed by atoms with Gasteiger partial charge >= 0.3 is 0 Å². The summed E-state index contributed by atoms with van der Waals surface area (Å²) in [7, 11) is 0. The van der Waals surface area contributed by atoms with Gasteiger partial charge in [0, 0.05) is 4.88 Å². The highest BCUT2D eigenvalue weighted by atomic mass is 79.9. The number of halogens is 2. The van der Waals surface area contributed by atoms with E-state index in [2.05, 4.69) is 33.4 Å². The Labute approximate surface area is 97.5 Å². The van der Waals surface area contributed by atoms with Crippen molar-refractivity contribution in [3.63, 3.8) is 0 Å². The van der Waals surface area contributed by atoms with Crippen LogP contribution in [0.4, 0.5) is 0 Å². The summed E-state index contributed by atoms with van der Waals surface area (Å²) in [5, 5.41) is 3.38. The van der Waals surface area contributed by atoms with Gasteiger partial charge in [-0.3, -0.25) is 0 Å². The molecule has 0 aromatic carbocycles. The maximum Gasteiger partial charge on any atom is 0.0701 e. The first-order valence-corrected chi connectivity index (χ1v) is 5.93. The van der Waals surface area contributed by atoms with Crippen LogP contribution in [0.25, 0.3) is 0 Å². The van der Waals surface area contributed by atoms with E-state index in [4.69, 9.17) is 0 Å². The lowest BCUT2D eigenvalue weighted by molar-refractivity contribution is 0.465. The van der Waals surface area contributed by atoms with Gasteiger partial charge in [-0.05, 0) is 59.9 Å². The molecule has 1 aromatic heterocycles. The molecule has 1 aromatic rings. The summed E-state index contributed by atoms with van der Waals surface area (Å²) in [6, 6.07) is 4.41. The van der Waals surface area contributed by atoms with Crippen molar-refractivity contribution < 1.29 is 0 Å². The largest absolute Gasteiger partial charge is 0.317 e. The molecule has 0 saturated carbocycles. The normalized spacial score (nSPS) is 18.2. The molecule has 1 nitrogen and oxygen atoms in total. The van der Waals surface area contributed by atoms with Crippen LogP contribution in [0.3, 0.4) is 0 Å². The van der Waals surface area contributed by atoms with Gasteiger partial charge in [0.05, 0.1) is 3.79 Å². The molecule has 2 rings (SSSR count). The fraction of sp³-hybridized carbons (Fsp3) is 0.556. The molecule has 4 heteroatoms. The van der Waals surface area contributed by atoms with Gasteiger partial charge in [0.2, 0.25) is 0 Å². The second-order valence-electron chi connectivity index (χ2n) is 3.17. The van der Waals surface area contributed by atoms with Gasteiger partial charge in [-0.2, -0.15) is 0 Å². The molecule has 0 radical (unpaired) electrons. The van der Waals surface area contributed by atoms with E-state index in [-0.39, 0.29) is 12.4 Å². The van der Waals surface area contributed by atoms with Crippen LogP contribution < -0.4 is 5.32 Å². The first kappa shape index (κ1) is 11.5. The van der Waals surface area contributed by atoms with E-state index in [1.165, 1.54) is 29.7 Å². The lowest BCUT2D eigenvalue weighted by Crippen LogP contribution is -2.26. The number of hydrogen-bond donors (Lipinski definition) is 1. The fourth-order valence-corrected chi connectivity index (χ4v) is 3.25. The minimum absolute atomic E-state index is 0. The topological polar surface area (TPSA) is 12.0 Å². The third kappa shape index (κ3) is 2.94. The molecule has 0 amide bonds. The highest BCUT2D eigenvalue weighted by Gasteiger charge is 2.16. The summed E-state index contributed by atoms with van der Waals surface area (Å²) < 4.78 is 1.26. The van der Waals surface area contributed by atoms with E-state index in [0.29, 0.717) is 0 Å². The van der Waals surface area contributed by atoms with Gasteiger partial charge in [0.25, 0.3) is 0 Å². The average molecular weight is 283 g/mol. The molecule has 1 aliphatic rings. The third-order valence-electron chi connectivity index (χ3n) is 2.34. The molecule has 0 unspecified atom stereocenters. The van der Waals surface area contributed by atoms with Crippen molar-refractivity contribution in [3.05, 3.63) is 20.8 Å². The number of rotatable bonds is 1. The zero-order chi connectivity index (χ0) is 8.39. The molecule has 0 spiro atoms. The van der Waals surface area contributed by atoms with E-state index < -0.39 is 0 Å². The van der Waals surface area contributed by atoms with Gasteiger partial charge in [0.1, 0.15) is 0 Å². The molecule has 1 saturated heterocycles. The maximum absolute atomic E-state index is 3.50. The molecule has 1 N–H and O–H groups in total. The van der Waals surface area contributed by atoms with Crippen molar-refractivity contribution >= 4 is 39.7 Å². The molecular weight excluding hydrogens is 270 g/mol. The number of thiophene rings is 1. The predicted molar refractivity (Wildman–Crippen MR) is 64.1 cm³/mol. The molecule has 2 heterocycles. The lowest BCUT2D eigenvalue weighted by atomic mass is 9.97. The van der Waals surface area contributed by atoms with Gasteiger partial charge in [-0.15, -0.1) is 23.7 Å². The van der Waals surface area contributed by atoms with Gasteiger partial charge in [0.15, 0.2) is 0 Å². The van der Waals surface area contributed by atoms with Crippen molar-refractivity contribution in [2.45, 2.75) is 18.8 Å². The minimum Gasteiger partial charge on any atom is -0.317 e. The zero-order valence-electron chi connectivity index (χ0n) is 7.25. The Balaban J connectivity index is 0.000000845. The highest BCUT2D eigenvalue weighted by Crippen LogP contribution is 2.33. The summed E-state index contributed by atoms with van der Waals surface area (Å²) in [6.07, 6.45) is 2.60. The van der Waals surface area contributed by atoms with Crippen molar-refractivity contribution in [3.8, 4) is 0 Å². The monoisotopic (exact) mass is 281 g/mol. The van der Waals surface area contributed by atoms with E-state index in [9.17, 15) is 0 Å².